The minimum Gasteiger partial charge on any atom is -0.392 e. The second-order valence-corrected chi connectivity index (χ2v) is 4.12. The van der Waals surface area contributed by atoms with Gasteiger partial charge in [0.2, 0.25) is 0 Å². The molecule has 13 heavy (non-hydrogen) atoms. The summed E-state index contributed by atoms with van der Waals surface area (Å²) >= 11 is 0. The highest BCUT2D eigenvalue weighted by atomic mass is 28.2. The maximum Gasteiger partial charge on any atom is 0.0681 e. The van der Waals surface area contributed by atoms with E-state index in [1.165, 1.54) is 0 Å². The fourth-order valence-corrected chi connectivity index (χ4v) is 0.706. The number of rotatable bonds is 1. The summed E-state index contributed by atoms with van der Waals surface area (Å²) in [6.07, 6.45) is 5.13. The van der Waals surface area contributed by atoms with Crippen molar-refractivity contribution in [2.24, 2.45) is 0 Å². The van der Waals surface area contributed by atoms with E-state index < -0.39 is 0 Å². The topological polar surface area (TPSA) is 20.2 Å². The van der Waals surface area contributed by atoms with Crippen LogP contribution >= 0.6 is 0 Å². The third-order valence-corrected chi connectivity index (χ3v) is 1.30. The lowest BCUT2D eigenvalue weighted by molar-refractivity contribution is 0.282. The molecule has 0 saturated heterocycles. The maximum absolute atomic E-state index is 8.65. The second-order valence-electron chi connectivity index (χ2n) is 2.71. The van der Waals surface area contributed by atoms with Crippen LogP contribution in [0.5, 0.6) is 0 Å². The monoisotopic (exact) mass is 192 g/mol. The van der Waals surface area contributed by atoms with Crippen molar-refractivity contribution in [2.45, 2.75) is 19.7 Å². The SMILES string of the molecule is C#Cc1ccc(CO)cc1.C[SiH2]C. The van der Waals surface area contributed by atoms with Gasteiger partial charge in [0.15, 0.2) is 0 Å². The molecule has 0 aliphatic carbocycles. The van der Waals surface area contributed by atoms with Gasteiger partial charge in [-0.15, -0.1) is 6.42 Å². The van der Waals surface area contributed by atoms with Gasteiger partial charge in [0, 0.05) is 15.1 Å². The summed E-state index contributed by atoms with van der Waals surface area (Å²) < 4.78 is 0. The van der Waals surface area contributed by atoms with E-state index in [0.29, 0.717) is 9.52 Å². The Kier molecular flexibility index (Phi) is 6.99. The van der Waals surface area contributed by atoms with E-state index in [2.05, 4.69) is 19.0 Å². The van der Waals surface area contributed by atoms with Crippen molar-refractivity contribution in [3.8, 4) is 12.3 Å². The fourth-order valence-electron chi connectivity index (χ4n) is 0.706. The lowest BCUT2D eigenvalue weighted by atomic mass is 10.1. The number of hydrogen-bond acceptors (Lipinski definition) is 1. The van der Waals surface area contributed by atoms with Crippen molar-refractivity contribution in [3.05, 3.63) is 35.4 Å². The van der Waals surface area contributed by atoms with Crippen LogP contribution in [0.15, 0.2) is 24.3 Å². The molecule has 0 spiro atoms. The van der Waals surface area contributed by atoms with Crippen LogP contribution in [0.1, 0.15) is 11.1 Å². The smallest absolute Gasteiger partial charge is 0.0681 e. The zero-order valence-electron chi connectivity index (χ0n) is 8.25. The summed E-state index contributed by atoms with van der Waals surface area (Å²) in [5, 5.41) is 8.65. The second kappa shape index (κ2) is 7.60. The summed E-state index contributed by atoms with van der Waals surface area (Å²) in [6.45, 7) is 4.60. The Morgan fingerprint density at radius 3 is 2.08 bits per heavy atom. The van der Waals surface area contributed by atoms with E-state index in [0.717, 1.165) is 11.1 Å². The van der Waals surface area contributed by atoms with Crippen LogP contribution in [0, 0.1) is 12.3 Å². The van der Waals surface area contributed by atoms with Crippen LogP contribution in [-0.4, -0.2) is 14.6 Å². The Morgan fingerprint density at radius 1 is 1.31 bits per heavy atom. The molecule has 0 radical (unpaired) electrons. The fraction of sp³-hybridized carbons (Fsp3) is 0.273. The molecule has 1 aromatic carbocycles. The van der Waals surface area contributed by atoms with Crippen LogP contribution in [0.2, 0.25) is 13.1 Å². The van der Waals surface area contributed by atoms with Crippen LogP contribution < -0.4 is 0 Å². The molecule has 0 fully saturated rings. The highest BCUT2D eigenvalue weighted by Crippen LogP contribution is 2.01. The molecule has 0 aromatic heterocycles. The maximum atomic E-state index is 8.65. The normalized spacial score (nSPS) is 8.15. The highest BCUT2D eigenvalue weighted by molar-refractivity contribution is 6.31. The van der Waals surface area contributed by atoms with Gasteiger partial charge in [-0.1, -0.05) is 31.1 Å². The van der Waals surface area contributed by atoms with E-state index in [4.69, 9.17) is 11.5 Å². The predicted octanol–water partition coefficient (Wildman–Crippen LogP) is 1.41. The van der Waals surface area contributed by atoms with Gasteiger partial charge in [-0.2, -0.15) is 0 Å². The van der Waals surface area contributed by atoms with Gasteiger partial charge in [0.25, 0.3) is 0 Å². The third-order valence-electron chi connectivity index (χ3n) is 1.30. The highest BCUT2D eigenvalue weighted by Gasteiger charge is 1.87. The molecule has 1 aromatic rings. The van der Waals surface area contributed by atoms with Crippen molar-refractivity contribution >= 4 is 9.52 Å². The lowest BCUT2D eigenvalue weighted by Gasteiger charge is -1.93. The molecule has 0 aliphatic heterocycles. The molecule has 0 saturated carbocycles. The van der Waals surface area contributed by atoms with Crippen molar-refractivity contribution in [3.63, 3.8) is 0 Å². The minimum absolute atomic E-state index is 0.0743. The Bertz CT molecular complexity index is 258. The van der Waals surface area contributed by atoms with E-state index in [-0.39, 0.29) is 6.61 Å². The Morgan fingerprint density at radius 2 is 1.77 bits per heavy atom. The van der Waals surface area contributed by atoms with Crippen molar-refractivity contribution < 1.29 is 5.11 Å². The standard InChI is InChI=1S/C9H8O.C2H8Si/c1-2-8-3-5-9(7-10)6-4-8;1-3-2/h1,3-6,10H,7H2;3H2,1-2H3. The zero-order chi connectivity index (χ0) is 10.1. The molecule has 1 rings (SSSR count). The molecule has 0 heterocycles. The van der Waals surface area contributed by atoms with Crippen molar-refractivity contribution in [1.29, 1.82) is 0 Å². The first kappa shape index (κ1) is 12.0. The summed E-state index contributed by atoms with van der Waals surface area (Å²) in [6, 6.07) is 7.25. The van der Waals surface area contributed by atoms with Crippen molar-refractivity contribution in [2.75, 3.05) is 0 Å². The first-order chi connectivity index (χ1) is 6.28. The number of benzene rings is 1. The van der Waals surface area contributed by atoms with Gasteiger partial charge < -0.3 is 5.11 Å². The summed E-state index contributed by atoms with van der Waals surface area (Å²) in [4.78, 5) is 0. The van der Waals surface area contributed by atoms with Gasteiger partial charge in [-0.25, -0.2) is 0 Å². The first-order valence-electron chi connectivity index (χ1n) is 4.44. The van der Waals surface area contributed by atoms with Gasteiger partial charge in [0.05, 0.1) is 6.61 Å². The number of aliphatic hydroxyl groups is 1. The summed E-state index contributed by atoms with van der Waals surface area (Å²) in [7, 11) is 0.417. The average Bonchev–Trinajstić information content (AvgIpc) is 2.19. The largest absolute Gasteiger partial charge is 0.392 e. The van der Waals surface area contributed by atoms with Gasteiger partial charge in [0.1, 0.15) is 0 Å². The summed E-state index contributed by atoms with van der Waals surface area (Å²) in [5.74, 6) is 2.50. The zero-order valence-corrected chi connectivity index (χ0v) is 9.66. The lowest BCUT2D eigenvalue weighted by Crippen LogP contribution is -1.81. The third kappa shape index (κ3) is 5.24. The summed E-state index contributed by atoms with van der Waals surface area (Å²) in [5.41, 5.74) is 1.73. The number of aliphatic hydroxyl groups excluding tert-OH is 1. The molecule has 2 heteroatoms. The van der Waals surface area contributed by atoms with E-state index in [1.807, 2.05) is 24.3 Å². The van der Waals surface area contributed by atoms with Crippen LogP contribution in [0.4, 0.5) is 0 Å². The Balaban J connectivity index is 0.000000424. The van der Waals surface area contributed by atoms with E-state index in [9.17, 15) is 0 Å². The van der Waals surface area contributed by atoms with Gasteiger partial charge in [-0.05, 0) is 17.7 Å². The van der Waals surface area contributed by atoms with Crippen LogP contribution in [-0.2, 0) is 6.61 Å². The van der Waals surface area contributed by atoms with Gasteiger partial charge in [-0.3, -0.25) is 0 Å². The first-order valence-corrected chi connectivity index (χ1v) is 7.27. The molecule has 1 N–H and O–H groups in total. The molecule has 1 nitrogen and oxygen atoms in total. The quantitative estimate of drug-likeness (QED) is 0.527. The molecular formula is C11H16OSi. The van der Waals surface area contributed by atoms with Crippen LogP contribution in [0.3, 0.4) is 0 Å². The molecular weight excluding hydrogens is 176 g/mol. The number of terminal acetylenes is 1. The predicted molar refractivity (Wildman–Crippen MR) is 60.6 cm³/mol. The molecule has 0 bridgehead atoms. The molecule has 0 atom stereocenters. The Hall–Kier alpha value is -1.04. The molecule has 0 unspecified atom stereocenters. The molecule has 0 amide bonds. The minimum atomic E-state index is 0.0743. The van der Waals surface area contributed by atoms with E-state index in [1.54, 1.807) is 0 Å². The van der Waals surface area contributed by atoms with Gasteiger partial charge >= 0.3 is 0 Å². The van der Waals surface area contributed by atoms with Crippen molar-refractivity contribution in [1.82, 2.24) is 0 Å². The Labute approximate surface area is 82.6 Å². The molecule has 0 aliphatic rings. The van der Waals surface area contributed by atoms with Crippen LogP contribution in [0.25, 0.3) is 0 Å². The number of hydrogen-bond donors (Lipinski definition) is 1. The van der Waals surface area contributed by atoms with E-state index >= 15 is 0 Å². The molecule has 70 valence electrons. The average molecular weight is 192 g/mol.